The van der Waals surface area contributed by atoms with E-state index in [0.717, 1.165) is 31.2 Å². The zero-order valence-corrected chi connectivity index (χ0v) is 21.0. The predicted molar refractivity (Wildman–Crippen MR) is 127 cm³/mol. The van der Waals surface area contributed by atoms with Crippen LogP contribution in [0.5, 0.6) is 5.75 Å². The van der Waals surface area contributed by atoms with Gasteiger partial charge in [-0.25, -0.2) is 4.98 Å². The van der Waals surface area contributed by atoms with Gasteiger partial charge in [0.2, 0.25) is 0 Å². The van der Waals surface area contributed by atoms with Crippen molar-refractivity contribution in [3.63, 3.8) is 0 Å². The summed E-state index contributed by atoms with van der Waals surface area (Å²) < 4.78 is 47.4. The molecule has 2 N–H and O–H groups in total. The molecule has 2 aromatic heterocycles. The fourth-order valence-electron chi connectivity index (χ4n) is 3.88. The van der Waals surface area contributed by atoms with Crippen LogP contribution in [0.15, 0.2) is 24.5 Å². The van der Waals surface area contributed by atoms with Gasteiger partial charge in [-0.3, -0.25) is 9.58 Å². The topological polar surface area (TPSA) is 78.4 Å². The van der Waals surface area contributed by atoms with Crippen LogP contribution in [-0.2, 0) is 4.74 Å². The van der Waals surface area contributed by atoms with E-state index in [9.17, 15) is 13.2 Å². The van der Waals surface area contributed by atoms with Gasteiger partial charge in [-0.1, -0.05) is 20.8 Å². The zero-order valence-electron chi connectivity index (χ0n) is 21.0. The Bertz CT molecular complexity index is 884. The van der Waals surface area contributed by atoms with Crippen molar-refractivity contribution in [2.24, 2.45) is 5.92 Å². The molecular formula is C24H38F3N5O2. The molecule has 0 aromatic carbocycles. The van der Waals surface area contributed by atoms with Crippen molar-refractivity contribution in [1.82, 2.24) is 19.7 Å². The highest BCUT2D eigenvalue weighted by molar-refractivity contribution is 5.63. The molecule has 3 heterocycles. The fraction of sp³-hybridized carbons (Fsp3) is 0.667. The third kappa shape index (κ3) is 7.87. The summed E-state index contributed by atoms with van der Waals surface area (Å²) in [4.78, 5) is 6.23. The monoisotopic (exact) mass is 485 g/mol. The summed E-state index contributed by atoms with van der Waals surface area (Å²) in [7, 11) is 2.26. The lowest BCUT2D eigenvalue weighted by Crippen LogP contribution is -2.50. The van der Waals surface area contributed by atoms with E-state index in [2.05, 4.69) is 33.7 Å². The summed E-state index contributed by atoms with van der Waals surface area (Å²) in [6.45, 7) is 12.2. The van der Waals surface area contributed by atoms with Gasteiger partial charge < -0.3 is 15.2 Å². The summed E-state index contributed by atoms with van der Waals surface area (Å²) in [6.07, 6.45) is 2.49. The largest absolute Gasteiger partial charge is 0.573 e. The number of ether oxygens (including phenoxy) is 2. The van der Waals surface area contributed by atoms with Gasteiger partial charge in [0.05, 0.1) is 24.9 Å². The molecule has 192 valence electrons. The maximum atomic E-state index is 12.2. The van der Waals surface area contributed by atoms with Crippen LogP contribution in [0.25, 0.3) is 11.3 Å². The molecule has 10 heteroatoms. The van der Waals surface area contributed by atoms with Crippen LogP contribution < -0.4 is 10.5 Å². The van der Waals surface area contributed by atoms with E-state index in [1.165, 1.54) is 31.5 Å². The van der Waals surface area contributed by atoms with Crippen molar-refractivity contribution in [3.8, 4) is 17.0 Å². The number of rotatable bonds is 5. The lowest BCUT2D eigenvalue weighted by molar-refractivity contribution is -0.274. The van der Waals surface area contributed by atoms with Gasteiger partial charge in [0.1, 0.15) is 0 Å². The zero-order chi connectivity index (χ0) is 25.5. The van der Waals surface area contributed by atoms with Gasteiger partial charge in [0, 0.05) is 30.0 Å². The first-order valence-electron chi connectivity index (χ1n) is 11.9. The smallest absolute Gasteiger partial charge is 0.402 e. The van der Waals surface area contributed by atoms with Gasteiger partial charge in [-0.2, -0.15) is 5.10 Å². The van der Waals surface area contributed by atoms with E-state index >= 15 is 0 Å². The quantitative estimate of drug-likeness (QED) is 0.599. The predicted octanol–water partition coefficient (Wildman–Crippen LogP) is 5.54. The number of alkyl halides is 3. The number of nitrogen functional groups attached to an aromatic ring is 1. The van der Waals surface area contributed by atoms with E-state index in [-0.39, 0.29) is 11.9 Å². The van der Waals surface area contributed by atoms with Crippen LogP contribution >= 0.6 is 0 Å². The molecule has 2 unspecified atom stereocenters. The SMILES string of the molecule is CC.CC(C)n1ccc(-c2cnc(N)c(OC(F)(F)F)c2)n1.CC1CCC(N(C)C2COC2)C1. The fourth-order valence-corrected chi connectivity index (χ4v) is 3.88. The molecule has 2 fully saturated rings. The van der Waals surface area contributed by atoms with Crippen molar-refractivity contribution < 1.29 is 22.6 Å². The van der Waals surface area contributed by atoms with Crippen LogP contribution in [-0.4, -0.2) is 58.4 Å². The first-order chi connectivity index (χ1) is 16.0. The second-order valence-corrected chi connectivity index (χ2v) is 8.86. The Morgan fingerprint density at radius 1 is 1.21 bits per heavy atom. The highest BCUT2D eigenvalue weighted by Gasteiger charge is 2.33. The number of aromatic nitrogens is 3. The molecule has 4 rings (SSSR count). The molecular weight excluding hydrogens is 447 g/mol. The third-order valence-electron chi connectivity index (χ3n) is 5.98. The van der Waals surface area contributed by atoms with Crippen molar-refractivity contribution in [2.45, 2.75) is 78.4 Å². The van der Waals surface area contributed by atoms with E-state index in [4.69, 9.17) is 10.5 Å². The molecule has 1 saturated carbocycles. The lowest BCUT2D eigenvalue weighted by Gasteiger charge is -2.38. The molecule has 2 atom stereocenters. The lowest BCUT2D eigenvalue weighted by atomic mass is 10.1. The molecule has 1 aliphatic carbocycles. The number of likely N-dealkylation sites (N-methyl/N-ethyl adjacent to an activating group) is 1. The Morgan fingerprint density at radius 2 is 1.88 bits per heavy atom. The normalized spacial score (nSPS) is 20.3. The Kier molecular flexibility index (Phi) is 10.2. The maximum Gasteiger partial charge on any atom is 0.573 e. The molecule has 7 nitrogen and oxygen atoms in total. The van der Waals surface area contributed by atoms with Crippen LogP contribution in [0.3, 0.4) is 0 Å². The van der Waals surface area contributed by atoms with Gasteiger partial charge in [-0.15, -0.1) is 13.2 Å². The van der Waals surface area contributed by atoms with Crippen LogP contribution in [0.2, 0.25) is 0 Å². The average molecular weight is 486 g/mol. The van der Waals surface area contributed by atoms with E-state index in [1.54, 1.807) is 16.9 Å². The molecule has 0 amide bonds. The van der Waals surface area contributed by atoms with Gasteiger partial charge in [-0.05, 0) is 58.2 Å². The molecule has 2 aromatic rings. The van der Waals surface area contributed by atoms with Gasteiger partial charge in [0.25, 0.3) is 0 Å². The number of pyridine rings is 1. The highest BCUT2D eigenvalue weighted by atomic mass is 19.4. The average Bonchev–Trinajstić information content (AvgIpc) is 3.39. The Hall–Kier alpha value is -2.33. The highest BCUT2D eigenvalue weighted by Crippen LogP contribution is 2.31. The summed E-state index contributed by atoms with van der Waals surface area (Å²) >= 11 is 0. The molecule has 0 spiro atoms. The van der Waals surface area contributed by atoms with Crippen molar-refractivity contribution in [1.29, 1.82) is 0 Å². The number of halogens is 3. The summed E-state index contributed by atoms with van der Waals surface area (Å²) in [5.41, 5.74) is 6.27. The van der Waals surface area contributed by atoms with Crippen LogP contribution in [0.4, 0.5) is 19.0 Å². The second kappa shape index (κ2) is 12.4. The van der Waals surface area contributed by atoms with Crippen molar-refractivity contribution >= 4 is 5.82 Å². The number of nitrogens with two attached hydrogens (primary N) is 1. The van der Waals surface area contributed by atoms with E-state index in [0.29, 0.717) is 11.3 Å². The van der Waals surface area contributed by atoms with Gasteiger partial charge >= 0.3 is 6.36 Å². The molecule has 2 aliphatic rings. The first-order valence-corrected chi connectivity index (χ1v) is 11.9. The van der Waals surface area contributed by atoms with Crippen molar-refractivity contribution in [2.75, 3.05) is 26.0 Å². The molecule has 0 radical (unpaired) electrons. The number of nitrogens with zero attached hydrogens (tertiary/aromatic N) is 4. The van der Waals surface area contributed by atoms with Crippen molar-refractivity contribution in [3.05, 3.63) is 24.5 Å². The third-order valence-corrected chi connectivity index (χ3v) is 5.98. The summed E-state index contributed by atoms with van der Waals surface area (Å²) in [6, 6.07) is 4.57. The Labute approximate surface area is 200 Å². The molecule has 1 saturated heterocycles. The minimum absolute atomic E-state index is 0.149. The molecule has 34 heavy (non-hydrogen) atoms. The summed E-state index contributed by atoms with van der Waals surface area (Å²) in [5.74, 6) is 0.0851. The number of anilines is 1. The second-order valence-electron chi connectivity index (χ2n) is 8.86. The van der Waals surface area contributed by atoms with E-state index in [1.807, 2.05) is 27.7 Å². The number of hydrogen-bond donors (Lipinski definition) is 1. The Morgan fingerprint density at radius 3 is 2.35 bits per heavy atom. The van der Waals surface area contributed by atoms with Crippen LogP contribution in [0.1, 0.15) is 59.9 Å². The maximum absolute atomic E-state index is 12.2. The Balaban J connectivity index is 0.000000248. The summed E-state index contributed by atoms with van der Waals surface area (Å²) in [5, 5.41) is 4.25. The molecule has 1 aliphatic heterocycles. The first kappa shape index (κ1) is 27.9. The van der Waals surface area contributed by atoms with E-state index < -0.39 is 12.1 Å². The van der Waals surface area contributed by atoms with Gasteiger partial charge in [0.15, 0.2) is 11.6 Å². The minimum atomic E-state index is -4.81. The standard InChI is InChI=1S/C12H13F3N4O.C10H19NO.C2H6/c1-7(2)19-4-3-9(18-19)8-5-10(11(16)17-6-8)20-12(13,14)15;1-8-3-4-9(5-8)11(2)10-6-12-7-10;1-2/h3-7H,1-2H3,(H2,16,17);8-10H,3-7H2,1-2H3;1-2H3. The molecule has 0 bridgehead atoms. The number of hydrogen-bond acceptors (Lipinski definition) is 6. The minimum Gasteiger partial charge on any atom is -0.402 e. The van der Waals surface area contributed by atoms with Crippen LogP contribution in [0, 0.1) is 5.92 Å².